The van der Waals surface area contributed by atoms with E-state index in [2.05, 4.69) is 15.5 Å². The van der Waals surface area contributed by atoms with Crippen LogP contribution in [0.15, 0.2) is 46.6 Å². The molecule has 140 valence electrons. The molecule has 0 aromatic heterocycles. The molecule has 1 amide bonds. The second-order valence-electron chi connectivity index (χ2n) is 5.57. The highest BCUT2D eigenvalue weighted by molar-refractivity contribution is 6.31. The summed E-state index contributed by atoms with van der Waals surface area (Å²) < 4.78 is 0. The van der Waals surface area contributed by atoms with E-state index in [1.807, 2.05) is 0 Å². The summed E-state index contributed by atoms with van der Waals surface area (Å²) in [7, 11) is 0. The molecule has 0 saturated heterocycles. The van der Waals surface area contributed by atoms with E-state index in [-0.39, 0.29) is 16.4 Å². The van der Waals surface area contributed by atoms with Gasteiger partial charge in [0.15, 0.2) is 11.5 Å². The summed E-state index contributed by atoms with van der Waals surface area (Å²) in [6.07, 6.45) is 0. The molecule has 0 spiro atoms. The first-order valence-electron chi connectivity index (χ1n) is 7.61. The molecule has 0 heterocycles. The summed E-state index contributed by atoms with van der Waals surface area (Å²) in [5.74, 6) is -1.28. The van der Waals surface area contributed by atoms with Crippen LogP contribution in [0, 0.1) is 17.0 Å². The lowest BCUT2D eigenvalue weighted by Crippen LogP contribution is -2.32. The maximum Gasteiger partial charge on any atom is 0.298 e. The number of rotatable bonds is 6. The molecule has 0 saturated carbocycles. The van der Waals surface area contributed by atoms with Gasteiger partial charge in [0.05, 0.1) is 4.92 Å². The molecule has 27 heavy (non-hydrogen) atoms. The van der Waals surface area contributed by atoms with E-state index in [0.717, 1.165) is 6.07 Å². The monoisotopic (exact) mass is 408 g/mol. The maximum absolute atomic E-state index is 12.4. The van der Waals surface area contributed by atoms with Crippen molar-refractivity contribution in [1.82, 2.24) is 0 Å². The third kappa shape index (κ3) is 5.32. The third-order valence-corrected chi connectivity index (χ3v) is 3.97. The second-order valence-corrected chi connectivity index (χ2v) is 6.44. The van der Waals surface area contributed by atoms with Crippen LogP contribution in [0.4, 0.5) is 17.1 Å². The minimum atomic E-state index is -1.46. The number of anilines is 1. The largest absolute Gasteiger partial charge is 0.324 e. The Bertz CT molecular complexity index is 947. The number of carbonyl (C=O) groups is 2. The normalized spacial score (nSPS) is 12.0. The molecule has 0 aliphatic heterocycles. The van der Waals surface area contributed by atoms with E-state index in [1.54, 1.807) is 25.1 Å². The minimum Gasteiger partial charge on any atom is -0.324 e. The Balaban J connectivity index is 2.27. The highest BCUT2D eigenvalue weighted by Crippen LogP contribution is 2.30. The van der Waals surface area contributed by atoms with Crippen molar-refractivity contribution in [2.24, 2.45) is 10.2 Å². The van der Waals surface area contributed by atoms with Gasteiger partial charge in [-0.2, -0.15) is 5.11 Å². The zero-order valence-corrected chi connectivity index (χ0v) is 15.8. The van der Waals surface area contributed by atoms with Gasteiger partial charge in [-0.1, -0.05) is 23.2 Å². The summed E-state index contributed by atoms with van der Waals surface area (Å²) >= 11 is 11.6. The predicted octanol–water partition coefficient (Wildman–Crippen LogP) is 4.89. The van der Waals surface area contributed by atoms with Gasteiger partial charge in [-0.3, -0.25) is 19.7 Å². The highest BCUT2D eigenvalue weighted by atomic mass is 35.5. The Morgan fingerprint density at radius 2 is 1.78 bits per heavy atom. The number of nitro benzene ring substituents is 1. The van der Waals surface area contributed by atoms with E-state index >= 15 is 0 Å². The number of nitrogens with one attached hydrogen (secondary N) is 1. The highest BCUT2D eigenvalue weighted by Gasteiger charge is 2.24. The number of azo groups is 1. The summed E-state index contributed by atoms with van der Waals surface area (Å²) in [5, 5.41) is 21.7. The zero-order valence-electron chi connectivity index (χ0n) is 14.3. The molecular weight excluding hydrogens is 395 g/mol. The first-order valence-corrected chi connectivity index (χ1v) is 8.37. The first-order chi connectivity index (χ1) is 12.7. The zero-order chi connectivity index (χ0) is 20.1. The summed E-state index contributed by atoms with van der Waals surface area (Å²) in [6, 6.07) is 7.15. The van der Waals surface area contributed by atoms with Gasteiger partial charge < -0.3 is 5.32 Å². The lowest BCUT2D eigenvalue weighted by atomic mass is 10.1. The summed E-state index contributed by atoms with van der Waals surface area (Å²) in [5.41, 5.74) is 0.653. The van der Waals surface area contributed by atoms with Crippen molar-refractivity contribution in [3.8, 4) is 0 Å². The molecule has 0 aliphatic carbocycles. The predicted molar refractivity (Wildman–Crippen MR) is 102 cm³/mol. The van der Waals surface area contributed by atoms with Gasteiger partial charge in [0, 0.05) is 21.8 Å². The van der Waals surface area contributed by atoms with Crippen LogP contribution in [0.5, 0.6) is 0 Å². The Labute approximate surface area is 164 Å². The number of carbonyl (C=O) groups excluding carboxylic acids is 2. The average molecular weight is 409 g/mol. The van der Waals surface area contributed by atoms with Crippen LogP contribution < -0.4 is 5.32 Å². The van der Waals surface area contributed by atoms with Crippen LogP contribution >= 0.6 is 23.2 Å². The van der Waals surface area contributed by atoms with Gasteiger partial charge in [-0.25, -0.2) is 0 Å². The molecule has 0 aliphatic rings. The van der Waals surface area contributed by atoms with Gasteiger partial charge in [-0.15, -0.1) is 5.11 Å². The van der Waals surface area contributed by atoms with Crippen molar-refractivity contribution in [3.63, 3.8) is 0 Å². The number of nitro groups is 1. The van der Waals surface area contributed by atoms with Crippen LogP contribution in [-0.2, 0) is 9.59 Å². The maximum atomic E-state index is 12.4. The molecule has 10 heteroatoms. The van der Waals surface area contributed by atoms with Crippen molar-refractivity contribution in [3.05, 3.63) is 62.1 Å². The fraction of sp³-hybridized carbons (Fsp3) is 0.176. The smallest absolute Gasteiger partial charge is 0.298 e. The second kappa shape index (κ2) is 8.70. The van der Waals surface area contributed by atoms with E-state index in [1.165, 1.54) is 19.1 Å². The van der Waals surface area contributed by atoms with Crippen molar-refractivity contribution in [2.45, 2.75) is 19.9 Å². The topological polar surface area (TPSA) is 114 Å². The number of ketones is 1. The minimum absolute atomic E-state index is 0.119. The van der Waals surface area contributed by atoms with Crippen LogP contribution in [0.2, 0.25) is 10.0 Å². The van der Waals surface area contributed by atoms with E-state index in [0.29, 0.717) is 16.3 Å². The van der Waals surface area contributed by atoms with Gasteiger partial charge >= 0.3 is 0 Å². The average Bonchev–Trinajstić information content (AvgIpc) is 2.58. The molecule has 0 bridgehead atoms. The lowest BCUT2D eigenvalue weighted by Gasteiger charge is -2.11. The molecule has 2 aromatic carbocycles. The lowest BCUT2D eigenvalue weighted by molar-refractivity contribution is -0.384. The van der Waals surface area contributed by atoms with Crippen LogP contribution in [0.1, 0.15) is 12.5 Å². The standard InChI is InChI=1S/C17H14Cl2N4O4/c1-9-7-11(18)3-5-13(9)20-17(25)16(10(2)24)22-21-14-6-4-12(19)8-15(14)23(26)27/h3-8,16H,1-2H3,(H,20,25)/b22-21+. The summed E-state index contributed by atoms with van der Waals surface area (Å²) in [4.78, 5) is 34.6. The number of hydrogen-bond acceptors (Lipinski definition) is 6. The number of nitrogens with zero attached hydrogens (tertiary/aromatic N) is 3. The number of amides is 1. The fourth-order valence-electron chi connectivity index (χ4n) is 2.13. The molecule has 0 fully saturated rings. The SMILES string of the molecule is CC(=O)C(/N=N/c1ccc(Cl)cc1[N+](=O)[O-])C(=O)Nc1ccc(Cl)cc1C. The fourth-order valence-corrected chi connectivity index (χ4v) is 2.53. The third-order valence-electron chi connectivity index (χ3n) is 3.49. The molecule has 2 aromatic rings. The van der Waals surface area contributed by atoms with Crippen molar-refractivity contribution >= 4 is 52.0 Å². The number of halogens is 2. The Kier molecular flexibility index (Phi) is 6.59. The number of Topliss-reactive ketones (excluding diaryl/α,β-unsaturated/α-hetero) is 1. The van der Waals surface area contributed by atoms with Gasteiger partial charge in [-0.05, 0) is 49.7 Å². The molecule has 0 radical (unpaired) electrons. The molecule has 1 atom stereocenters. The number of benzene rings is 2. The van der Waals surface area contributed by atoms with Crippen molar-refractivity contribution < 1.29 is 14.5 Å². The Morgan fingerprint density at radius 1 is 1.15 bits per heavy atom. The van der Waals surface area contributed by atoms with Crippen molar-refractivity contribution in [2.75, 3.05) is 5.32 Å². The molecular formula is C17H14Cl2N4O4. The quantitative estimate of drug-likeness (QED) is 0.317. The van der Waals surface area contributed by atoms with Crippen LogP contribution in [0.3, 0.4) is 0 Å². The Hall–Kier alpha value is -2.84. The molecule has 2 rings (SSSR count). The first kappa shape index (κ1) is 20.5. The van der Waals surface area contributed by atoms with Crippen LogP contribution in [-0.4, -0.2) is 22.7 Å². The van der Waals surface area contributed by atoms with Gasteiger partial charge in [0.25, 0.3) is 11.6 Å². The molecule has 8 nitrogen and oxygen atoms in total. The Morgan fingerprint density at radius 3 is 2.37 bits per heavy atom. The summed E-state index contributed by atoms with van der Waals surface area (Å²) in [6.45, 7) is 2.91. The van der Waals surface area contributed by atoms with Crippen molar-refractivity contribution in [1.29, 1.82) is 0 Å². The van der Waals surface area contributed by atoms with E-state index in [9.17, 15) is 19.7 Å². The molecule has 1 N–H and O–H groups in total. The molecule has 1 unspecified atom stereocenters. The van der Waals surface area contributed by atoms with E-state index < -0.39 is 22.7 Å². The van der Waals surface area contributed by atoms with Gasteiger partial charge in [0.1, 0.15) is 0 Å². The van der Waals surface area contributed by atoms with Crippen LogP contribution in [0.25, 0.3) is 0 Å². The van der Waals surface area contributed by atoms with E-state index in [4.69, 9.17) is 23.2 Å². The van der Waals surface area contributed by atoms with Gasteiger partial charge in [0.2, 0.25) is 6.04 Å². The number of aryl methyl sites for hydroxylation is 1. The number of hydrogen-bond donors (Lipinski definition) is 1.